The van der Waals surface area contributed by atoms with Gasteiger partial charge in [0.25, 0.3) is 0 Å². The van der Waals surface area contributed by atoms with Gasteiger partial charge in [0.15, 0.2) is 0 Å². The van der Waals surface area contributed by atoms with Crippen molar-refractivity contribution in [1.82, 2.24) is 5.32 Å². The SMILES string of the molecule is CCNC(CC)CCCS(=O)c1ccccc1Br. The molecule has 0 aromatic heterocycles. The minimum Gasteiger partial charge on any atom is -0.314 e. The van der Waals surface area contributed by atoms with Crippen LogP contribution in [0.2, 0.25) is 0 Å². The van der Waals surface area contributed by atoms with E-state index in [0.29, 0.717) is 6.04 Å². The van der Waals surface area contributed by atoms with E-state index < -0.39 is 10.8 Å². The monoisotopic (exact) mass is 331 g/mol. The molecule has 4 heteroatoms. The highest BCUT2D eigenvalue weighted by Gasteiger charge is 2.09. The van der Waals surface area contributed by atoms with E-state index in [0.717, 1.165) is 40.9 Å². The van der Waals surface area contributed by atoms with Crippen molar-refractivity contribution >= 4 is 26.7 Å². The summed E-state index contributed by atoms with van der Waals surface area (Å²) in [6.45, 7) is 5.33. The van der Waals surface area contributed by atoms with Gasteiger partial charge < -0.3 is 5.32 Å². The Morgan fingerprint density at radius 1 is 1.33 bits per heavy atom. The molecule has 1 rings (SSSR count). The average molecular weight is 332 g/mol. The fourth-order valence-electron chi connectivity index (χ4n) is 1.94. The van der Waals surface area contributed by atoms with E-state index >= 15 is 0 Å². The maximum atomic E-state index is 12.2. The molecule has 0 spiro atoms. The average Bonchev–Trinajstić information content (AvgIpc) is 2.38. The second-order valence-electron chi connectivity index (χ2n) is 4.29. The molecule has 1 aromatic carbocycles. The van der Waals surface area contributed by atoms with Crippen LogP contribution < -0.4 is 5.32 Å². The molecule has 0 bridgehead atoms. The van der Waals surface area contributed by atoms with Crippen LogP contribution in [-0.2, 0) is 10.8 Å². The molecule has 0 saturated carbocycles. The molecule has 2 nitrogen and oxygen atoms in total. The second kappa shape index (κ2) is 8.83. The van der Waals surface area contributed by atoms with Crippen molar-refractivity contribution in [2.24, 2.45) is 0 Å². The molecule has 102 valence electrons. The molecule has 0 heterocycles. The lowest BCUT2D eigenvalue weighted by atomic mass is 10.1. The van der Waals surface area contributed by atoms with E-state index in [9.17, 15) is 4.21 Å². The summed E-state index contributed by atoms with van der Waals surface area (Å²) in [5, 5.41) is 3.45. The molecule has 0 aliphatic carbocycles. The van der Waals surface area contributed by atoms with E-state index in [1.807, 2.05) is 24.3 Å². The first-order valence-electron chi connectivity index (χ1n) is 6.55. The Morgan fingerprint density at radius 2 is 2.06 bits per heavy atom. The Hall–Kier alpha value is -0.190. The van der Waals surface area contributed by atoms with E-state index in [1.165, 1.54) is 0 Å². The lowest BCUT2D eigenvalue weighted by molar-refractivity contribution is 0.476. The van der Waals surface area contributed by atoms with Gasteiger partial charge in [0.2, 0.25) is 0 Å². The Morgan fingerprint density at radius 3 is 2.67 bits per heavy atom. The molecule has 0 aliphatic rings. The minimum atomic E-state index is -0.892. The zero-order chi connectivity index (χ0) is 13.4. The van der Waals surface area contributed by atoms with Crippen LogP contribution in [0.5, 0.6) is 0 Å². The van der Waals surface area contributed by atoms with E-state index in [2.05, 4.69) is 35.1 Å². The number of nitrogens with one attached hydrogen (secondary N) is 1. The van der Waals surface area contributed by atoms with E-state index in [-0.39, 0.29) is 0 Å². The molecule has 0 saturated heterocycles. The summed E-state index contributed by atoms with van der Waals surface area (Å²) in [6.07, 6.45) is 3.23. The highest BCUT2D eigenvalue weighted by atomic mass is 79.9. The lowest BCUT2D eigenvalue weighted by Crippen LogP contribution is -2.28. The fourth-order valence-corrected chi connectivity index (χ4v) is 3.93. The van der Waals surface area contributed by atoms with Crippen molar-refractivity contribution in [2.75, 3.05) is 12.3 Å². The van der Waals surface area contributed by atoms with Crippen LogP contribution in [-0.4, -0.2) is 22.5 Å². The normalized spacial score (nSPS) is 14.4. The van der Waals surface area contributed by atoms with Crippen LogP contribution >= 0.6 is 15.9 Å². The highest BCUT2D eigenvalue weighted by molar-refractivity contribution is 9.10. The molecule has 1 aromatic rings. The fraction of sp³-hybridized carbons (Fsp3) is 0.571. The summed E-state index contributed by atoms with van der Waals surface area (Å²) < 4.78 is 13.1. The minimum absolute atomic E-state index is 0.561. The van der Waals surface area contributed by atoms with Crippen molar-refractivity contribution in [3.63, 3.8) is 0 Å². The third-order valence-electron chi connectivity index (χ3n) is 2.95. The van der Waals surface area contributed by atoms with Gasteiger partial charge in [-0.15, -0.1) is 0 Å². The molecule has 0 radical (unpaired) electrons. The van der Waals surface area contributed by atoms with Crippen molar-refractivity contribution in [3.05, 3.63) is 28.7 Å². The van der Waals surface area contributed by atoms with Gasteiger partial charge in [-0.1, -0.05) is 26.0 Å². The van der Waals surface area contributed by atoms with Crippen molar-refractivity contribution in [3.8, 4) is 0 Å². The largest absolute Gasteiger partial charge is 0.314 e. The van der Waals surface area contributed by atoms with Gasteiger partial charge in [-0.2, -0.15) is 0 Å². The summed E-state index contributed by atoms with van der Waals surface area (Å²) >= 11 is 3.45. The number of hydrogen-bond donors (Lipinski definition) is 1. The maximum Gasteiger partial charge on any atom is 0.0541 e. The van der Waals surface area contributed by atoms with E-state index in [4.69, 9.17) is 0 Å². The van der Waals surface area contributed by atoms with Gasteiger partial charge in [-0.05, 0) is 53.9 Å². The second-order valence-corrected chi connectivity index (χ2v) is 6.68. The summed E-state index contributed by atoms with van der Waals surface area (Å²) in [5.74, 6) is 0.741. The van der Waals surface area contributed by atoms with Crippen LogP contribution in [0.25, 0.3) is 0 Å². The van der Waals surface area contributed by atoms with Crippen molar-refractivity contribution < 1.29 is 4.21 Å². The molecular weight excluding hydrogens is 310 g/mol. The third kappa shape index (κ3) is 5.21. The number of benzene rings is 1. The van der Waals surface area contributed by atoms with Gasteiger partial charge in [0, 0.05) is 16.3 Å². The molecular formula is C14H22BrNOS. The number of hydrogen-bond acceptors (Lipinski definition) is 2. The predicted molar refractivity (Wildman–Crippen MR) is 82.4 cm³/mol. The summed E-state index contributed by atoms with van der Waals surface area (Å²) in [6, 6.07) is 8.32. The summed E-state index contributed by atoms with van der Waals surface area (Å²) in [5.41, 5.74) is 0. The Bertz CT molecular complexity index is 384. The zero-order valence-corrected chi connectivity index (χ0v) is 13.5. The molecule has 2 atom stereocenters. The smallest absolute Gasteiger partial charge is 0.0541 e. The van der Waals surface area contributed by atoms with Gasteiger partial charge in [-0.3, -0.25) is 4.21 Å². The predicted octanol–water partition coefficient (Wildman–Crippen LogP) is 3.73. The van der Waals surface area contributed by atoms with Gasteiger partial charge in [0.05, 0.1) is 15.7 Å². The molecule has 2 unspecified atom stereocenters. The van der Waals surface area contributed by atoms with Crippen molar-refractivity contribution in [1.29, 1.82) is 0 Å². The Labute approximate surface area is 121 Å². The standard InChI is InChI=1S/C14H22BrNOS/c1-3-12(16-4-2)8-7-11-18(17)14-10-6-5-9-13(14)15/h5-6,9-10,12,16H,3-4,7-8,11H2,1-2H3. The quantitative estimate of drug-likeness (QED) is 0.786. The number of rotatable bonds is 8. The number of halogens is 1. The first-order chi connectivity index (χ1) is 8.69. The third-order valence-corrected chi connectivity index (χ3v) is 5.41. The van der Waals surface area contributed by atoms with Crippen molar-refractivity contribution in [2.45, 2.75) is 44.0 Å². The van der Waals surface area contributed by atoms with Gasteiger partial charge in [0.1, 0.15) is 0 Å². The van der Waals surface area contributed by atoms with Crippen LogP contribution in [0.15, 0.2) is 33.6 Å². The topological polar surface area (TPSA) is 29.1 Å². The maximum absolute atomic E-state index is 12.2. The molecule has 0 fully saturated rings. The Balaban J connectivity index is 2.40. The molecule has 18 heavy (non-hydrogen) atoms. The van der Waals surface area contributed by atoms with Crippen LogP contribution in [0.4, 0.5) is 0 Å². The van der Waals surface area contributed by atoms with Crippen LogP contribution in [0, 0.1) is 0 Å². The highest BCUT2D eigenvalue weighted by Crippen LogP contribution is 2.20. The molecule has 1 N–H and O–H groups in total. The van der Waals surface area contributed by atoms with E-state index in [1.54, 1.807) is 0 Å². The van der Waals surface area contributed by atoms with Gasteiger partial charge >= 0.3 is 0 Å². The van der Waals surface area contributed by atoms with Crippen LogP contribution in [0.1, 0.15) is 33.1 Å². The zero-order valence-electron chi connectivity index (χ0n) is 11.1. The molecule has 0 aliphatic heterocycles. The Kier molecular flexibility index (Phi) is 7.79. The molecule has 0 amide bonds. The van der Waals surface area contributed by atoms with Gasteiger partial charge in [-0.25, -0.2) is 0 Å². The first kappa shape index (κ1) is 15.9. The van der Waals surface area contributed by atoms with Crippen LogP contribution in [0.3, 0.4) is 0 Å². The summed E-state index contributed by atoms with van der Waals surface area (Å²) in [4.78, 5) is 0.911. The first-order valence-corrected chi connectivity index (χ1v) is 8.66. The summed E-state index contributed by atoms with van der Waals surface area (Å²) in [7, 11) is -0.892. The lowest BCUT2D eigenvalue weighted by Gasteiger charge is -2.15.